The zero-order valence-corrected chi connectivity index (χ0v) is 16.3. The predicted octanol–water partition coefficient (Wildman–Crippen LogP) is 2.98. The van der Waals surface area contributed by atoms with Crippen molar-refractivity contribution >= 4 is 29.1 Å². The van der Waals surface area contributed by atoms with Gasteiger partial charge in [-0.2, -0.15) is 11.8 Å². The molecule has 1 aromatic carbocycles. The third kappa shape index (κ3) is 5.60. The zero-order valence-electron chi connectivity index (χ0n) is 15.5. The van der Waals surface area contributed by atoms with Crippen LogP contribution in [0.4, 0.5) is 11.4 Å². The van der Waals surface area contributed by atoms with Crippen molar-refractivity contribution in [2.24, 2.45) is 4.99 Å². The van der Waals surface area contributed by atoms with Crippen molar-refractivity contribution in [2.75, 3.05) is 44.5 Å². The van der Waals surface area contributed by atoms with Gasteiger partial charge in [-0.15, -0.1) is 0 Å². The summed E-state index contributed by atoms with van der Waals surface area (Å²) in [6.07, 6.45) is 2.13. The van der Waals surface area contributed by atoms with E-state index in [0.29, 0.717) is 0 Å². The van der Waals surface area contributed by atoms with Crippen molar-refractivity contribution in [1.82, 2.24) is 10.6 Å². The highest BCUT2D eigenvalue weighted by Crippen LogP contribution is 2.31. The highest BCUT2D eigenvalue weighted by atomic mass is 32.2. The third-order valence-electron chi connectivity index (χ3n) is 3.67. The summed E-state index contributed by atoms with van der Waals surface area (Å²) in [5.74, 6) is 1.80. The number of ether oxygens (including phenoxy) is 1. The molecule has 0 radical (unpaired) electrons. The molecule has 0 spiro atoms. The molecule has 1 aliphatic heterocycles. The number of benzene rings is 1. The van der Waals surface area contributed by atoms with Gasteiger partial charge in [0.25, 0.3) is 0 Å². The molecule has 2 N–H and O–H groups in total. The summed E-state index contributed by atoms with van der Waals surface area (Å²) >= 11 is 1.84. The van der Waals surface area contributed by atoms with Crippen molar-refractivity contribution < 1.29 is 4.74 Å². The van der Waals surface area contributed by atoms with Crippen LogP contribution < -0.4 is 15.5 Å². The Hall–Kier alpha value is -1.40. The number of guanidine groups is 1. The predicted molar refractivity (Wildman–Crippen MR) is 106 cm³/mol. The molecule has 0 saturated carbocycles. The maximum atomic E-state index is 5.50. The van der Waals surface area contributed by atoms with E-state index in [1.807, 2.05) is 18.8 Å². The lowest BCUT2D eigenvalue weighted by atomic mass is 10.1. The van der Waals surface area contributed by atoms with E-state index in [0.717, 1.165) is 43.7 Å². The van der Waals surface area contributed by atoms with Crippen molar-refractivity contribution in [3.63, 3.8) is 0 Å². The van der Waals surface area contributed by atoms with Gasteiger partial charge in [-0.25, -0.2) is 4.99 Å². The highest BCUT2D eigenvalue weighted by Gasteiger charge is 2.17. The number of thioether (sulfide) groups is 1. The SMILES string of the molecule is CN/C(=N\c1ccc(CSC)cc1N1CCOCC1)NC(C)(C)C. The van der Waals surface area contributed by atoms with Gasteiger partial charge in [0, 0.05) is 31.4 Å². The largest absolute Gasteiger partial charge is 0.378 e. The van der Waals surface area contributed by atoms with Gasteiger partial charge in [0.05, 0.1) is 24.6 Å². The average Bonchev–Trinajstić information content (AvgIpc) is 2.55. The molecule has 1 saturated heterocycles. The summed E-state index contributed by atoms with van der Waals surface area (Å²) in [6, 6.07) is 6.56. The number of anilines is 1. The molecular formula is C18H30N4OS. The summed E-state index contributed by atoms with van der Waals surface area (Å²) in [4.78, 5) is 7.22. The Kier molecular flexibility index (Phi) is 6.80. The first-order chi connectivity index (χ1) is 11.4. The summed E-state index contributed by atoms with van der Waals surface area (Å²) in [5, 5.41) is 6.58. The topological polar surface area (TPSA) is 48.9 Å². The molecule has 1 fully saturated rings. The minimum absolute atomic E-state index is 0.0419. The van der Waals surface area contributed by atoms with Crippen LogP contribution in [0.2, 0.25) is 0 Å². The van der Waals surface area contributed by atoms with E-state index in [2.05, 4.69) is 60.8 Å². The van der Waals surface area contributed by atoms with E-state index in [9.17, 15) is 0 Å². The number of morpholine rings is 1. The average molecular weight is 351 g/mol. The molecule has 2 rings (SSSR count). The minimum Gasteiger partial charge on any atom is -0.378 e. The Bertz CT molecular complexity index is 563. The molecule has 0 amide bonds. The van der Waals surface area contributed by atoms with E-state index >= 15 is 0 Å². The lowest BCUT2D eigenvalue weighted by molar-refractivity contribution is 0.123. The van der Waals surface area contributed by atoms with Gasteiger partial charge in [-0.1, -0.05) is 6.07 Å². The molecule has 0 unspecified atom stereocenters. The second-order valence-corrected chi connectivity index (χ2v) is 7.81. The fraction of sp³-hybridized carbons (Fsp3) is 0.611. The smallest absolute Gasteiger partial charge is 0.196 e. The number of rotatable bonds is 4. The molecule has 134 valence electrons. The van der Waals surface area contributed by atoms with Gasteiger partial charge >= 0.3 is 0 Å². The Balaban J connectivity index is 2.35. The van der Waals surface area contributed by atoms with Gasteiger partial charge in [0.2, 0.25) is 0 Å². The molecule has 1 aliphatic rings. The standard InChI is InChI=1S/C18H30N4OS/c1-18(2,3)21-17(19-4)20-15-7-6-14(13-24-5)12-16(15)22-8-10-23-11-9-22/h6-7,12H,8-11,13H2,1-5H3,(H2,19,20,21). The first kappa shape index (κ1) is 18.9. The Morgan fingerprint density at radius 2 is 2.00 bits per heavy atom. The highest BCUT2D eigenvalue weighted by molar-refractivity contribution is 7.97. The first-order valence-electron chi connectivity index (χ1n) is 8.42. The van der Waals surface area contributed by atoms with Crippen LogP contribution in [0.25, 0.3) is 0 Å². The van der Waals surface area contributed by atoms with Crippen molar-refractivity contribution in [3.8, 4) is 0 Å². The summed E-state index contributed by atoms with van der Waals surface area (Å²) in [5.41, 5.74) is 3.47. The van der Waals surface area contributed by atoms with Gasteiger partial charge in [0.15, 0.2) is 5.96 Å². The summed E-state index contributed by atoms with van der Waals surface area (Å²) < 4.78 is 5.50. The Labute approximate surface area is 150 Å². The van der Waals surface area contributed by atoms with Crippen LogP contribution >= 0.6 is 11.8 Å². The molecule has 0 aromatic heterocycles. The molecule has 1 heterocycles. The van der Waals surface area contributed by atoms with Crippen molar-refractivity contribution in [1.29, 1.82) is 0 Å². The maximum Gasteiger partial charge on any atom is 0.196 e. The van der Waals surface area contributed by atoms with Crippen LogP contribution in [0.1, 0.15) is 26.3 Å². The van der Waals surface area contributed by atoms with Gasteiger partial charge in [-0.3, -0.25) is 0 Å². The molecule has 5 nitrogen and oxygen atoms in total. The Morgan fingerprint density at radius 3 is 2.58 bits per heavy atom. The number of aliphatic imine (C=N–C) groups is 1. The molecule has 0 atom stereocenters. The van der Waals surface area contributed by atoms with E-state index in [1.165, 1.54) is 11.3 Å². The van der Waals surface area contributed by atoms with Gasteiger partial charge in [0.1, 0.15) is 0 Å². The fourth-order valence-corrected chi connectivity index (χ4v) is 3.11. The molecule has 0 bridgehead atoms. The fourth-order valence-electron chi connectivity index (χ4n) is 2.60. The van der Waals surface area contributed by atoms with E-state index in [-0.39, 0.29) is 5.54 Å². The van der Waals surface area contributed by atoms with Crippen LogP contribution in [0.3, 0.4) is 0 Å². The first-order valence-corrected chi connectivity index (χ1v) is 9.81. The lowest BCUT2D eigenvalue weighted by Gasteiger charge is -2.30. The van der Waals surface area contributed by atoms with Crippen LogP contribution in [0.15, 0.2) is 23.2 Å². The number of nitrogens with zero attached hydrogens (tertiary/aromatic N) is 2. The normalized spacial score (nSPS) is 16.2. The van der Waals surface area contributed by atoms with Crippen LogP contribution in [-0.4, -0.2) is 51.1 Å². The van der Waals surface area contributed by atoms with Crippen molar-refractivity contribution in [2.45, 2.75) is 32.1 Å². The van der Waals surface area contributed by atoms with Crippen LogP contribution in [0.5, 0.6) is 0 Å². The monoisotopic (exact) mass is 350 g/mol. The molecule has 24 heavy (non-hydrogen) atoms. The van der Waals surface area contributed by atoms with Gasteiger partial charge < -0.3 is 20.3 Å². The van der Waals surface area contributed by atoms with Crippen molar-refractivity contribution in [3.05, 3.63) is 23.8 Å². The molecule has 6 heteroatoms. The minimum atomic E-state index is -0.0419. The van der Waals surface area contributed by atoms with E-state index < -0.39 is 0 Å². The maximum absolute atomic E-state index is 5.50. The Morgan fingerprint density at radius 1 is 1.29 bits per heavy atom. The van der Waals surface area contributed by atoms with Gasteiger partial charge in [-0.05, 0) is 44.7 Å². The summed E-state index contributed by atoms with van der Waals surface area (Å²) in [6.45, 7) is 9.75. The molecule has 1 aromatic rings. The van der Waals surface area contributed by atoms with E-state index in [1.54, 1.807) is 0 Å². The second-order valence-electron chi connectivity index (χ2n) is 6.94. The van der Waals surface area contributed by atoms with E-state index in [4.69, 9.17) is 9.73 Å². The zero-order chi connectivity index (χ0) is 17.6. The molecular weight excluding hydrogens is 320 g/mol. The number of hydrogen-bond donors (Lipinski definition) is 2. The third-order valence-corrected chi connectivity index (χ3v) is 4.29. The van der Waals surface area contributed by atoms with Crippen LogP contribution in [-0.2, 0) is 10.5 Å². The molecule has 0 aliphatic carbocycles. The van der Waals surface area contributed by atoms with Crippen LogP contribution in [0, 0.1) is 0 Å². The number of hydrogen-bond acceptors (Lipinski definition) is 4. The quantitative estimate of drug-likeness (QED) is 0.646. The second kappa shape index (κ2) is 8.62. The number of nitrogens with one attached hydrogen (secondary N) is 2. The lowest BCUT2D eigenvalue weighted by Crippen LogP contribution is -2.46. The summed E-state index contributed by atoms with van der Waals surface area (Å²) in [7, 11) is 1.90.